The van der Waals surface area contributed by atoms with Crippen LogP contribution >= 0.6 is 0 Å². The minimum atomic E-state index is -2.56. The van der Waals surface area contributed by atoms with Crippen molar-refractivity contribution in [2.75, 3.05) is 19.6 Å². The van der Waals surface area contributed by atoms with E-state index in [1.165, 1.54) is 0 Å². The van der Waals surface area contributed by atoms with Crippen LogP contribution in [0.25, 0.3) is 11.1 Å². The van der Waals surface area contributed by atoms with Crippen molar-refractivity contribution in [2.45, 2.75) is 44.4 Å². The highest BCUT2D eigenvalue weighted by Gasteiger charge is 2.48. The van der Waals surface area contributed by atoms with E-state index in [0.717, 1.165) is 54.6 Å². The third-order valence-electron chi connectivity index (χ3n) is 5.52. The van der Waals surface area contributed by atoms with Crippen LogP contribution in [0.3, 0.4) is 0 Å². The zero-order valence-corrected chi connectivity index (χ0v) is 16.3. The van der Waals surface area contributed by atoms with Crippen molar-refractivity contribution in [1.82, 2.24) is 10.6 Å². The van der Waals surface area contributed by atoms with E-state index in [2.05, 4.69) is 17.6 Å². The summed E-state index contributed by atoms with van der Waals surface area (Å²) in [5, 5.41) is 5.82. The van der Waals surface area contributed by atoms with Gasteiger partial charge in [-0.15, -0.1) is 0 Å². The Kier molecular flexibility index (Phi) is 6.79. The van der Waals surface area contributed by atoms with Crippen molar-refractivity contribution in [3.8, 4) is 11.1 Å². The average Bonchev–Trinajstić information content (AvgIpc) is 3.00. The quantitative estimate of drug-likeness (QED) is 0.590. The summed E-state index contributed by atoms with van der Waals surface area (Å²) in [6, 6.07) is 15.7. The Morgan fingerprint density at radius 3 is 2.14 bits per heavy atom. The average molecular weight is 386 g/mol. The molecule has 0 fully saturated rings. The first-order chi connectivity index (χ1) is 13.6. The molecule has 0 aromatic heterocycles. The van der Waals surface area contributed by atoms with Gasteiger partial charge in [0.15, 0.2) is 0 Å². The topological polar surface area (TPSA) is 41.1 Å². The van der Waals surface area contributed by atoms with Gasteiger partial charge in [0, 0.05) is 0 Å². The number of carbonyl (C=O) groups excluding carboxylic acids is 1. The molecular formula is C23H28F2N2O. The highest BCUT2D eigenvalue weighted by Crippen LogP contribution is 2.51. The second-order valence-corrected chi connectivity index (χ2v) is 7.26. The first-order valence-corrected chi connectivity index (χ1v) is 10.1. The molecule has 3 rings (SSSR count). The van der Waals surface area contributed by atoms with Gasteiger partial charge in [-0.3, -0.25) is 4.79 Å². The van der Waals surface area contributed by atoms with Crippen molar-refractivity contribution < 1.29 is 13.6 Å². The number of carbonyl (C=O) groups is 1. The standard InChI is InChI=1S/C23H28F2N2O/c1-2-26-15-9-3-8-14-23(22(28)27-16-21(24)25)19-12-6-4-10-17(19)18-11-5-7-13-20(18)23/h4-7,10-13,21,26H,2-3,8-9,14-16H2,1H3,(H,27,28). The molecule has 2 aromatic rings. The Labute approximate surface area is 165 Å². The monoisotopic (exact) mass is 386 g/mol. The number of hydrogen-bond acceptors (Lipinski definition) is 2. The van der Waals surface area contributed by atoms with Crippen LogP contribution < -0.4 is 10.6 Å². The fourth-order valence-corrected chi connectivity index (χ4v) is 4.27. The largest absolute Gasteiger partial charge is 0.349 e. The molecule has 150 valence electrons. The van der Waals surface area contributed by atoms with Gasteiger partial charge in [0.2, 0.25) is 5.91 Å². The third kappa shape index (κ3) is 3.95. The van der Waals surface area contributed by atoms with Crippen molar-refractivity contribution >= 4 is 5.91 Å². The number of hydrogen-bond donors (Lipinski definition) is 2. The lowest BCUT2D eigenvalue weighted by molar-refractivity contribution is -0.126. The van der Waals surface area contributed by atoms with Gasteiger partial charge in [-0.1, -0.05) is 68.3 Å². The van der Waals surface area contributed by atoms with E-state index in [4.69, 9.17) is 0 Å². The Bertz CT molecular complexity index is 761. The molecule has 1 aliphatic carbocycles. The lowest BCUT2D eigenvalue weighted by atomic mass is 9.73. The summed E-state index contributed by atoms with van der Waals surface area (Å²) < 4.78 is 25.6. The van der Waals surface area contributed by atoms with E-state index in [9.17, 15) is 13.6 Å². The molecule has 1 aliphatic rings. The summed E-state index contributed by atoms with van der Waals surface area (Å²) in [6.45, 7) is 3.36. The van der Waals surface area contributed by atoms with Gasteiger partial charge >= 0.3 is 0 Å². The first-order valence-electron chi connectivity index (χ1n) is 10.1. The maximum absolute atomic E-state index is 13.3. The van der Waals surface area contributed by atoms with E-state index >= 15 is 0 Å². The minimum absolute atomic E-state index is 0.322. The number of benzene rings is 2. The van der Waals surface area contributed by atoms with Crippen LogP contribution in [-0.2, 0) is 10.2 Å². The smallest absolute Gasteiger partial charge is 0.255 e. The number of nitrogens with one attached hydrogen (secondary N) is 2. The van der Waals surface area contributed by atoms with Gasteiger partial charge in [-0.2, -0.15) is 0 Å². The van der Waals surface area contributed by atoms with Crippen LogP contribution in [0.15, 0.2) is 48.5 Å². The van der Waals surface area contributed by atoms with E-state index in [0.29, 0.717) is 6.42 Å². The second kappa shape index (κ2) is 9.28. The normalized spacial score (nSPS) is 14.0. The molecule has 0 atom stereocenters. The molecule has 0 saturated heterocycles. The van der Waals surface area contributed by atoms with Gasteiger partial charge in [-0.05, 0) is 48.2 Å². The van der Waals surface area contributed by atoms with Crippen LogP contribution in [0.4, 0.5) is 8.78 Å². The Morgan fingerprint density at radius 2 is 1.57 bits per heavy atom. The van der Waals surface area contributed by atoms with Crippen LogP contribution in [0.5, 0.6) is 0 Å². The van der Waals surface area contributed by atoms with E-state index in [1.807, 2.05) is 48.5 Å². The Balaban J connectivity index is 1.93. The van der Waals surface area contributed by atoms with Gasteiger partial charge < -0.3 is 10.6 Å². The molecule has 28 heavy (non-hydrogen) atoms. The lowest BCUT2D eigenvalue weighted by Crippen LogP contribution is -2.45. The Hall–Kier alpha value is -2.27. The van der Waals surface area contributed by atoms with E-state index < -0.39 is 18.4 Å². The van der Waals surface area contributed by atoms with Crippen molar-refractivity contribution in [3.05, 3.63) is 59.7 Å². The van der Waals surface area contributed by atoms with Crippen molar-refractivity contribution in [1.29, 1.82) is 0 Å². The molecule has 0 saturated carbocycles. The summed E-state index contributed by atoms with van der Waals surface area (Å²) in [5.74, 6) is -0.322. The molecule has 3 nitrogen and oxygen atoms in total. The molecule has 0 radical (unpaired) electrons. The number of amides is 1. The lowest BCUT2D eigenvalue weighted by Gasteiger charge is -2.31. The van der Waals surface area contributed by atoms with Gasteiger partial charge in [0.05, 0.1) is 6.54 Å². The molecule has 1 amide bonds. The molecule has 5 heteroatoms. The molecule has 0 aliphatic heterocycles. The second-order valence-electron chi connectivity index (χ2n) is 7.26. The van der Waals surface area contributed by atoms with Crippen LogP contribution in [0, 0.1) is 0 Å². The zero-order valence-electron chi connectivity index (χ0n) is 16.3. The van der Waals surface area contributed by atoms with Crippen LogP contribution in [-0.4, -0.2) is 32.0 Å². The number of halogens is 2. The number of fused-ring (bicyclic) bond motifs is 3. The fourth-order valence-electron chi connectivity index (χ4n) is 4.27. The molecule has 0 bridgehead atoms. The maximum atomic E-state index is 13.3. The molecule has 0 unspecified atom stereocenters. The molecule has 0 heterocycles. The van der Waals surface area contributed by atoms with Crippen molar-refractivity contribution in [2.24, 2.45) is 0 Å². The predicted octanol–water partition coefficient (Wildman–Crippen LogP) is 4.50. The summed E-state index contributed by atoms with van der Waals surface area (Å²) in [6.07, 6.45) is 0.930. The van der Waals surface area contributed by atoms with E-state index in [1.54, 1.807) is 0 Å². The summed E-state index contributed by atoms with van der Waals surface area (Å²) in [5.41, 5.74) is 3.00. The first kappa shape index (κ1) is 20.5. The number of rotatable bonds is 10. The van der Waals surface area contributed by atoms with E-state index in [-0.39, 0.29) is 5.91 Å². The molecule has 2 aromatic carbocycles. The number of alkyl halides is 2. The van der Waals surface area contributed by atoms with Gasteiger partial charge in [0.25, 0.3) is 6.43 Å². The fraction of sp³-hybridized carbons (Fsp3) is 0.435. The molecular weight excluding hydrogens is 358 g/mol. The minimum Gasteiger partial charge on any atom is -0.349 e. The predicted molar refractivity (Wildman–Crippen MR) is 109 cm³/mol. The zero-order chi connectivity index (χ0) is 20.0. The highest BCUT2D eigenvalue weighted by atomic mass is 19.3. The van der Waals surface area contributed by atoms with Crippen molar-refractivity contribution in [3.63, 3.8) is 0 Å². The maximum Gasteiger partial charge on any atom is 0.255 e. The third-order valence-corrected chi connectivity index (χ3v) is 5.52. The van der Waals surface area contributed by atoms with Gasteiger partial charge in [0.1, 0.15) is 5.41 Å². The van der Waals surface area contributed by atoms with Gasteiger partial charge in [-0.25, -0.2) is 8.78 Å². The highest BCUT2D eigenvalue weighted by molar-refractivity contribution is 6.00. The molecule has 0 spiro atoms. The summed E-state index contributed by atoms with van der Waals surface area (Å²) in [7, 11) is 0. The summed E-state index contributed by atoms with van der Waals surface area (Å²) >= 11 is 0. The number of unbranched alkanes of at least 4 members (excludes halogenated alkanes) is 2. The summed E-state index contributed by atoms with van der Waals surface area (Å²) in [4.78, 5) is 13.3. The SMILES string of the molecule is CCNCCCCCC1(C(=O)NCC(F)F)c2ccccc2-c2ccccc21. The van der Waals surface area contributed by atoms with Crippen LogP contribution in [0.2, 0.25) is 0 Å². The van der Waals surface area contributed by atoms with Crippen LogP contribution in [0.1, 0.15) is 43.7 Å². The molecule has 2 N–H and O–H groups in total. The Morgan fingerprint density at radius 1 is 0.964 bits per heavy atom.